The molecule has 0 N–H and O–H groups in total. The molecule has 0 saturated heterocycles. The summed E-state index contributed by atoms with van der Waals surface area (Å²) in [6.07, 6.45) is 3.69. The molecule has 1 aliphatic heterocycles. The Labute approximate surface area is 113 Å². The second-order valence-corrected chi connectivity index (χ2v) is 6.31. The van der Waals surface area contributed by atoms with Gasteiger partial charge in [0.1, 0.15) is 5.56 Å². The van der Waals surface area contributed by atoms with E-state index < -0.39 is 0 Å². The molecule has 7 heteroatoms. The predicted octanol–water partition coefficient (Wildman–Crippen LogP) is 1.45. The van der Waals surface area contributed by atoms with Crippen molar-refractivity contribution in [2.24, 2.45) is 0 Å². The van der Waals surface area contributed by atoms with Crippen molar-refractivity contribution in [3.8, 4) is 11.5 Å². The zero-order valence-corrected chi connectivity index (χ0v) is 11.2. The van der Waals surface area contributed by atoms with Crippen molar-refractivity contribution in [1.29, 1.82) is 0 Å². The first-order valence-corrected chi connectivity index (χ1v) is 7.23. The van der Waals surface area contributed by atoms with E-state index in [-0.39, 0.29) is 16.9 Å². The first-order valence-electron chi connectivity index (χ1n) is 6.25. The zero-order valence-electron chi connectivity index (χ0n) is 10.4. The molecule has 0 atom stereocenters. The summed E-state index contributed by atoms with van der Waals surface area (Å²) in [5.74, 6) is 1.87. The fourth-order valence-electron chi connectivity index (χ4n) is 2.15. The van der Waals surface area contributed by atoms with Crippen LogP contribution in [-0.4, -0.2) is 25.4 Å². The molecule has 2 aromatic rings. The highest BCUT2D eigenvalue weighted by molar-refractivity contribution is 7.99. The van der Waals surface area contributed by atoms with Crippen molar-refractivity contribution in [3.05, 3.63) is 22.4 Å². The molecule has 1 aliphatic carbocycles. The van der Waals surface area contributed by atoms with Crippen LogP contribution < -0.4 is 5.56 Å². The predicted molar refractivity (Wildman–Crippen MR) is 69.1 cm³/mol. The fraction of sp³-hybridized carbons (Fsp3) is 0.500. The van der Waals surface area contributed by atoms with E-state index in [1.54, 1.807) is 22.5 Å². The van der Waals surface area contributed by atoms with E-state index in [4.69, 9.17) is 4.52 Å². The molecule has 0 amide bonds. The van der Waals surface area contributed by atoms with E-state index in [0.29, 0.717) is 17.9 Å². The highest BCUT2D eigenvalue weighted by atomic mass is 32.2. The molecular formula is C12H12N4O2S. The van der Waals surface area contributed by atoms with Crippen molar-refractivity contribution in [2.45, 2.75) is 36.9 Å². The summed E-state index contributed by atoms with van der Waals surface area (Å²) < 4.78 is 6.91. The largest absolute Gasteiger partial charge is 0.334 e. The average Bonchev–Trinajstić information content (AvgIpc) is 2.88. The van der Waals surface area contributed by atoms with Gasteiger partial charge in [-0.25, -0.2) is 4.98 Å². The van der Waals surface area contributed by atoms with Crippen LogP contribution in [-0.2, 0) is 12.0 Å². The quantitative estimate of drug-likeness (QED) is 0.773. The van der Waals surface area contributed by atoms with Gasteiger partial charge in [-0.1, -0.05) is 23.8 Å². The summed E-state index contributed by atoms with van der Waals surface area (Å²) in [6, 6.07) is 0. The summed E-state index contributed by atoms with van der Waals surface area (Å²) in [7, 11) is 0. The molecular weight excluding hydrogens is 264 g/mol. The highest BCUT2D eigenvalue weighted by Gasteiger charge is 2.43. The molecule has 0 radical (unpaired) electrons. The summed E-state index contributed by atoms with van der Waals surface area (Å²) >= 11 is 1.59. The third-order valence-corrected chi connectivity index (χ3v) is 4.72. The second-order valence-electron chi connectivity index (χ2n) is 5.24. The second kappa shape index (κ2) is 3.69. The molecule has 2 aromatic heterocycles. The van der Waals surface area contributed by atoms with Gasteiger partial charge in [0.15, 0.2) is 11.0 Å². The lowest BCUT2D eigenvalue weighted by Crippen LogP contribution is -2.21. The van der Waals surface area contributed by atoms with E-state index in [1.165, 1.54) is 0 Å². The van der Waals surface area contributed by atoms with Crippen molar-refractivity contribution < 1.29 is 4.52 Å². The molecule has 0 unspecified atom stereocenters. The SMILES string of the molecule is CC1(c2noc(-c3cnc4n(c3=O)CCS4)n2)CC1. The minimum Gasteiger partial charge on any atom is -0.334 e. The minimum atomic E-state index is -0.0915. The maximum absolute atomic E-state index is 12.3. The molecule has 1 saturated carbocycles. The molecule has 1 fully saturated rings. The Balaban J connectivity index is 1.81. The number of thioether (sulfide) groups is 1. The lowest BCUT2D eigenvalue weighted by atomic mass is 10.1. The van der Waals surface area contributed by atoms with Gasteiger partial charge in [-0.2, -0.15) is 4.98 Å². The molecule has 4 rings (SSSR count). The molecule has 2 aliphatic rings. The van der Waals surface area contributed by atoms with E-state index in [1.807, 2.05) is 0 Å². The number of hydrogen-bond acceptors (Lipinski definition) is 6. The van der Waals surface area contributed by atoms with Crippen molar-refractivity contribution in [2.75, 3.05) is 5.75 Å². The summed E-state index contributed by atoms with van der Waals surface area (Å²) in [5.41, 5.74) is 0.346. The summed E-state index contributed by atoms with van der Waals surface area (Å²) in [5, 5.41) is 4.76. The van der Waals surface area contributed by atoms with Crippen molar-refractivity contribution in [1.82, 2.24) is 19.7 Å². The van der Waals surface area contributed by atoms with Crippen LogP contribution in [0.1, 0.15) is 25.6 Å². The van der Waals surface area contributed by atoms with Crippen LogP contribution in [0.15, 0.2) is 20.7 Å². The Kier molecular flexibility index (Phi) is 2.18. The van der Waals surface area contributed by atoms with Crippen LogP contribution in [0.25, 0.3) is 11.5 Å². The third-order valence-electron chi connectivity index (χ3n) is 3.75. The normalized spacial score (nSPS) is 19.4. The molecule has 98 valence electrons. The maximum Gasteiger partial charge on any atom is 0.267 e. The van der Waals surface area contributed by atoms with Gasteiger partial charge in [-0.05, 0) is 12.8 Å². The van der Waals surface area contributed by atoms with Gasteiger partial charge in [0, 0.05) is 23.9 Å². The van der Waals surface area contributed by atoms with Gasteiger partial charge < -0.3 is 4.52 Å². The van der Waals surface area contributed by atoms with Crippen molar-refractivity contribution >= 4 is 11.8 Å². The van der Waals surface area contributed by atoms with E-state index >= 15 is 0 Å². The first-order chi connectivity index (χ1) is 9.17. The number of aromatic nitrogens is 4. The smallest absolute Gasteiger partial charge is 0.267 e. The maximum atomic E-state index is 12.3. The fourth-order valence-corrected chi connectivity index (χ4v) is 3.07. The number of hydrogen-bond donors (Lipinski definition) is 0. The van der Waals surface area contributed by atoms with Crippen molar-refractivity contribution in [3.63, 3.8) is 0 Å². The number of rotatable bonds is 2. The average molecular weight is 276 g/mol. The molecule has 19 heavy (non-hydrogen) atoms. The monoisotopic (exact) mass is 276 g/mol. The van der Waals surface area contributed by atoms with Gasteiger partial charge in [0.25, 0.3) is 11.4 Å². The Bertz CT molecular complexity index is 717. The van der Waals surface area contributed by atoms with Crippen LogP contribution in [0.2, 0.25) is 0 Å². The Morgan fingerprint density at radius 1 is 1.47 bits per heavy atom. The van der Waals surface area contributed by atoms with E-state index in [0.717, 1.165) is 23.8 Å². The van der Waals surface area contributed by atoms with Crippen LogP contribution in [0.5, 0.6) is 0 Å². The topological polar surface area (TPSA) is 73.8 Å². The van der Waals surface area contributed by atoms with Gasteiger partial charge in [-0.15, -0.1) is 0 Å². The van der Waals surface area contributed by atoms with Crippen LogP contribution >= 0.6 is 11.8 Å². The van der Waals surface area contributed by atoms with E-state index in [2.05, 4.69) is 22.0 Å². The standard InChI is InChI=1S/C12H12N4O2S/c1-12(2-3-12)10-14-8(18-15-10)7-6-13-11-16(9(7)17)4-5-19-11/h6H,2-5H2,1H3. The Morgan fingerprint density at radius 3 is 3.11 bits per heavy atom. The van der Waals surface area contributed by atoms with Gasteiger partial charge in [0.2, 0.25) is 0 Å². The van der Waals surface area contributed by atoms with Gasteiger partial charge in [-0.3, -0.25) is 9.36 Å². The van der Waals surface area contributed by atoms with Crippen LogP contribution in [0.4, 0.5) is 0 Å². The van der Waals surface area contributed by atoms with Crippen LogP contribution in [0, 0.1) is 0 Å². The Morgan fingerprint density at radius 2 is 2.32 bits per heavy atom. The molecule has 3 heterocycles. The molecule has 0 aromatic carbocycles. The summed E-state index contributed by atoms with van der Waals surface area (Å²) in [4.78, 5) is 21.0. The molecule has 0 spiro atoms. The van der Waals surface area contributed by atoms with Gasteiger partial charge in [0.05, 0.1) is 0 Å². The third kappa shape index (κ3) is 1.64. The zero-order chi connectivity index (χ0) is 13.0. The molecule has 6 nitrogen and oxygen atoms in total. The van der Waals surface area contributed by atoms with Crippen LogP contribution in [0.3, 0.4) is 0 Å². The van der Waals surface area contributed by atoms with E-state index in [9.17, 15) is 4.79 Å². The lowest BCUT2D eigenvalue weighted by Gasteiger charge is -2.01. The first kappa shape index (κ1) is 11.2. The number of nitrogens with zero attached hydrogens (tertiary/aromatic N) is 4. The van der Waals surface area contributed by atoms with Gasteiger partial charge >= 0.3 is 0 Å². The summed E-state index contributed by atoms with van der Waals surface area (Å²) in [6.45, 7) is 2.80. The Hall–Kier alpha value is -1.63. The minimum absolute atomic E-state index is 0.0396. The lowest BCUT2D eigenvalue weighted by molar-refractivity contribution is 0.414. The highest BCUT2D eigenvalue weighted by Crippen LogP contribution is 2.46. The molecule has 0 bridgehead atoms. The number of fused-ring (bicyclic) bond motifs is 1.